The Kier molecular flexibility index (Phi) is 6.15. The normalized spacial score (nSPS) is 11.5. The van der Waals surface area contributed by atoms with Crippen molar-refractivity contribution in [2.75, 3.05) is 20.2 Å². The highest BCUT2D eigenvalue weighted by Gasteiger charge is 2.20. The first-order valence-electron chi connectivity index (χ1n) is 7.26. The average Bonchev–Trinajstić information content (AvgIpc) is 2.56. The van der Waals surface area contributed by atoms with Crippen LogP contribution >= 0.6 is 15.9 Å². The highest BCUT2D eigenvalue weighted by atomic mass is 79.9. The predicted molar refractivity (Wildman–Crippen MR) is 95.9 cm³/mol. The summed E-state index contributed by atoms with van der Waals surface area (Å²) in [4.78, 5) is 11.4. The van der Waals surface area contributed by atoms with Crippen molar-refractivity contribution in [1.82, 2.24) is 4.31 Å². The third kappa shape index (κ3) is 4.66. The van der Waals surface area contributed by atoms with Gasteiger partial charge in [-0.05, 0) is 43.3 Å². The molecule has 2 aromatic rings. The number of rotatable bonds is 7. The summed E-state index contributed by atoms with van der Waals surface area (Å²) in [6.07, 6.45) is 0. The largest absolute Gasteiger partial charge is 0.492 e. The van der Waals surface area contributed by atoms with Crippen LogP contribution in [0.25, 0.3) is 0 Å². The minimum absolute atomic E-state index is 0.102. The minimum Gasteiger partial charge on any atom is -0.492 e. The van der Waals surface area contributed by atoms with Crippen LogP contribution in [0.3, 0.4) is 0 Å². The highest BCUT2D eigenvalue weighted by Crippen LogP contribution is 2.17. The third-order valence-corrected chi connectivity index (χ3v) is 5.86. The first-order chi connectivity index (χ1) is 11.3. The Bertz CT molecular complexity index is 801. The molecule has 0 aliphatic heterocycles. The van der Waals surface area contributed by atoms with E-state index >= 15 is 0 Å². The number of halogens is 1. The van der Waals surface area contributed by atoms with Crippen LogP contribution in [-0.4, -0.2) is 38.7 Å². The molecule has 0 amide bonds. The van der Waals surface area contributed by atoms with Crippen LogP contribution in [0.1, 0.15) is 17.3 Å². The quantitative estimate of drug-likeness (QED) is 0.655. The van der Waals surface area contributed by atoms with E-state index in [0.29, 0.717) is 11.3 Å². The number of carbonyl (C=O) groups is 1. The Morgan fingerprint density at radius 2 is 1.67 bits per heavy atom. The zero-order valence-electron chi connectivity index (χ0n) is 13.4. The highest BCUT2D eigenvalue weighted by molar-refractivity contribution is 9.10. The second-order valence-electron chi connectivity index (χ2n) is 5.21. The maximum Gasteiger partial charge on any atom is 0.242 e. The van der Waals surface area contributed by atoms with Crippen molar-refractivity contribution in [3.8, 4) is 5.75 Å². The van der Waals surface area contributed by atoms with Crippen LogP contribution in [0.2, 0.25) is 0 Å². The van der Waals surface area contributed by atoms with Crippen molar-refractivity contribution >= 4 is 31.7 Å². The lowest BCUT2D eigenvalue weighted by Crippen LogP contribution is -2.31. The number of hydrogen-bond donors (Lipinski definition) is 0. The van der Waals surface area contributed by atoms with E-state index in [9.17, 15) is 13.2 Å². The number of ketones is 1. The van der Waals surface area contributed by atoms with Gasteiger partial charge in [0, 0.05) is 23.6 Å². The van der Waals surface area contributed by atoms with Gasteiger partial charge in [-0.15, -0.1) is 0 Å². The Balaban J connectivity index is 1.98. The molecule has 5 nitrogen and oxygen atoms in total. The molecule has 0 aromatic heterocycles. The first-order valence-corrected chi connectivity index (χ1v) is 9.50. The van der Waals surface area contributed by atoms with E-state index in [0.717, 1.165) is 4.47 Å². The van der Waals surface area contributed by atoms with Crippen molar-refractivity contribution in [1.29, 1.82) is 0 Å². The van der Waals surface area contributed by atoms with Crippen LogP contribution in [0.5, 0.6) is 5.75 Å². The SMILES string of the molecule is CC(=O)c1ccc(S(=O)(=O)N(C)CCOc2ccc(Br)cc2)cc1. The zero-order chi connectivity index (χ0) is 17.7. The minimum atomic E-state index is -3.61. The fourth-order valence-corrected chi connectivity index (χ4v) is 3.40. The maximum atomic E-state index is 12.5. The van der Waals surface area contributed by atoms with E-state index < -0.39 is 10.0 Å². The monoisotopic (exact) mass is 411 g/mol. The molecule has 7 heteroatoms. The van der Waals surface area contributed by atoms with Crippen LogP contribution in [0, 0.1) is 0 Å². The van der Waals surface area contributed by atoms with E-state index in [-0.39, 0.29) is 23.8 Å². The van der Waals surface area contributed by atoms with Gasteiger partial charge < -0.3 is 4.74 Å². The molecule has 0 fully saturated rings. The van der Waals surface area contributed by atoms with Gasteiger partial charge >= 0.3 is 0 Å². The molecule has 0 bridgehead atoms. The van der Waals surface area contributed by atoms with E-state index in [1.54, 1.807) is 12.1 Å². The molecule has 0 saturated heterocycles. The summed E-state index contributed by atoms with van der Waals surface area (Å²) in [6, 6.07) is 13.2. The van der Waals surface area contributed by atoms with Crippen molar-refractivity contribution in [3.05, 3.63) is 58.6 Å². The van der Waals surface area contributed by atoms with Gasteiger partial charge in [-0.2, -0.15) is 4.31 Å². The molecule has 2 rings (SSSR count). The number of Topliss-reactive ketones (excluding diaryl/α,β-unsaturated/α-hetero) is 1. The van der Waals surface area contributed by atoms with Gasteiger partial charge in [-0.1, -0.05) is 28.1 Å². The van der Waals surface area contributed by atoms with Crippen LogP contribution < -0.4 is 4.74 Å². The number of likely N-dealkylation sites (N-methyl/N-ethyl adjacent to an activating group) is 1. The van der Waals surface area contributed by atoms with Gasteiger partial charge in [0.2, 0.25) is 10.0 Å². The maximum absolute atomic E-state index is 12.5. The third-order valence-electron chi connectivity index (χ3n) is 3.46. The molecule has 0 radical (unpaired) electrons. The topological polar surface area (TPSA) is 63.7 Å². The molecule has 0 atom stereocenters. The number of benzene rings is 2. The number of sulfonamides is 1. The molecule has 0 saturated carbocycles. The Morgan fingerprint density at radius 1 is 1.08 bits per heavy atom. The fraction of sp³-hybridized carbons (Fsp3) is 0.235. The van der Waals surface area contributed by atoms with Crippen molar-refractivity contribution < 1.29 is 17.9 Å². The van der Waals surface area contributed by atoms with E-state index in [2.05, 4.69) is 15.9 Å². The number of ether oxygens (including phenoxy) is 1. The van der Waals surface area contributed by atoms with Crippen LogP contribution in [0.4, 0.5) is 0 Å². The van der Waals surface area contributed by atoms with Crippen molar-refractivity contribution in [3.63, 3.8) is 0 Å². The summed E-state index contributed by atoms with van der Waals surface area (Å²) >= 11 is 3.34. The van der Waals surface area contributed by atoms with Gasteiger partial charge in [0.05, 0.1) is 4.90 Å². The molecule has 0 aliphatic carbocycles. The van der Waals surface area contributed by atoms with E-state index in [4.69, 9.17) is 4.74 Å². The summed E-state index contributed by atoms with van der Waals surface area (Å²) < 4.78 is 32.7. The van der Waals surface area contributed by atoms with Gasteiger partial charge in [0.15, 0.2) is 5.78 Å². The summed E-state index contributed by atoms with van der Waals surface area (Å²) in [6.45, 7) is 1.89. The smallest absolute Gasteiger partial charge is 0.242 e. The van der Waals surface area contributed by atoms with Gasteiger partial charge in [0.25, 0.3) is 0 Å². The van der Waals surface area contributed by atoms with Crippen molar-refractivity contribution in [2.45, 2.75) is 11.8 Å². The summed E-state index contributed by atoms with van der Waals surface area (Å²) in [7, 11) is -2.11. The summed E-state index contributed by atoms with van der Waals surface area (Å²) in [5.41, 5.74) is 0.482. The van der Waals surface area contributed by atoms with E-state index in [1.165, 1.54) is 42.5 Å². The molecule has 0 heterocycles. The molecule has 2 aromatic carbocycles. The van der Waals surface area contributed by atoms with Crippen LogP contribution in [-0.2, 0) is 10.0 Å². The Morgan fingerprint density at radius 3 is 2.21 bits per heavy atom. The molecular weight excluding hydrogens is 394 g/mol. The molecule has 0 N–H and O–H groups in total. The summed E-state index contributed by atoms with van der Waals surface area (Å²) in [5, 5.41) is 0. The molecule has 0 spiro atoms. The molecule has 24 heavy (non-hydrogen) atoms. The number of nitrogens with zero attached hydrogens (tertiary/aromatic N) is 1. The lowest BCUT2D eigenvalue weighted by Gasteiger charge is -2.17. The standard InChI is InChI=1S/C17H18BrNO4S/c1-13(20)14-3-9-17(10-4-14)24(21,22)19(2)11-12-23-16-7-5-15(18)6-8-16/h3-10H,11-12H2,1-2H3. The summed E-state index contributed by atoms with van der Waals surface area (Å²) in [5.74, 6) is 0.574. The van der Waals surface area contributed by atoms with E-state index in [1.807, 2.05) is 12.1 Å². The molecular formula is C17H18BrNO4S. The average molecular weight is 412 g/mol. The molecule has 0 aliphatic rings. The first kappa shape index (κ1) is 18.6. The Hall–Kier alpha value is -1.70. The predicted octanol–water partition coefficient (Wildman–Crippen LogP) is 3.35. The number of carbonyl (C=O) groups excluding carboxylic acids is 1. The van der Waals surface area contributed by atoms with Gasteiger partial charge in [-0.25, -0.2) is 8.42 Å². The van der Waals surface area contributed by atoms with Crippen molar-refractivity contribution in [2.24, 2.45) is 0 Å². The Labute approximate surface area is 150 Å². The second kappa shape index (κ2) is 7.92. The fourth-order valence-electron chi connectivity index (χ4n) is 1.98. The lowest BCUT2D eigenvalue weighted by molar-refractivity contribution is 0.101. The van der Waals surface area contributed by atoms with Gasteiger partial charge in [-0.3, -0.25) is 4.79 Å². The van der Waals surface area contributed by atoms with Crippen LogP contribution in [0.15, 0.2) is 57.9 Å². The lowest BCUT2D eigenvalue weighted by atomic mass is 10.2. The number of hydrogen-bond acceptors (Lipinski definition) is 4. The molecule has 128 valence electrons. The zero-order valence-corrected chi connectivity index (χ0v) is 15.8. The van der Waals surface area contributed by atoms with Gasteiger partial charge in [0.1, 0.15) is 12.4 Å². The molecule has 0 unspecified atom stereocenters. The second-order valence-corrected chi connectivity index (χ2v) is 8.17.